The van der Waals surface area contributed by atoms with Gasteiger partial charge >= 0.3 is 5.97 Å². The van der Waals surface area contributed by atoms with Gasteiger partial charge in [0.15, 0.2) is 0 Å². The van der Waals surface area contributed by atoms with Crippen molar-refractivity contribution in [2.45, 2.75) is 19.6 Å². The van der Waals surface area contributed by atoms with Crippen LogP contribution in [-0.4, -0.2) is 28.7 Å². The Morgan fingerprint density at radius 2 is 1.76 bits per heavy atom. The van der Waals surface area contributed by atoms with Gasteiger partial charge < -0.3 is 4.74 Å². The molecule has 2 amide bonds. The van der Waals surface area contributed by atoms with Gasteiger partial charge in [0.05, 0.1) is 11.1 Å². The molecule has 0 fully saturated rings. The summed E-state index contributed by atoms with van der Waals surface area (Å²) in [5, 5.41) is 0. The van der Waals surface area contributed by atoms with E-state index in [0.717, 1.165) is 4.90 Å². The van der Waals surface area contributed by atoms with Crippen LogP contribution in [0.1, 0.15) is 33.2 Å². The first-order valence-corrected chi connectivity index (χ1v) is 8.27. The van der Waals surface area contributed by atoms with Crippen molar-refractivity contribution in [3.05, 3.63) is 69.4 Å². The molecule has 1 atom stereocenters. The van der Waals surface area contributed by atoms with Crippen molar-refractivity contribution in [1.29, 1.82) is 0 Å². The van der Waals surface area contributed by atoms with Crippen LogP contribution in [0.15, 0.2) is 46.9 Å². The predicted molar refractivity (Wildman–Crippen MR) is 90.3 cm³/mol. The first kappa shape index (κ1) is 17.3. The van der Waals surface area contributed by atoms with Crippen molar-refractivity contribution in [3.63, 3.8) is 0 Å². The van der Waals surface area contributed by atoms with E-state index in [0.29, 0.717) is 4.47 Å². The molecule has 0 spiro atoms. The van der Waals surface area contributed by atoms with E-state index in [1.165, 1.54) is 31.2 Å². The Balaban J connectivity index is 1.71. The molecule has 7 heteroatoms. The van der Waals surface area contributed by atoms with Crippen LogP contribution in [0.25, 0.3) is 0 Å². The molecule has 1 aliphatic heterocycles. The minimum absolute atomic E-state index is 0.200. The summed E-state index contributed by atoms with van der Waals surface area (Å²) in [6.45, 7) is 1.12. The lowest BCUT2D eigenvalue weighted by Gasteiger charge is -2.21. The third kappa shape index (κ3) is 3.19. The third-order valence-corrected chi connectivity index (χ3v) is 4.43. The minimum atomic E-state index is -1.11. The highest BCUT2D eigenvalue weighted by Crippen LogP contribution is 2.25. The lowest BCUT2D eigenvalue weighted by Crippen LogP contribution is -2.43. The maximum absolute atomic E-state index is 13.8. The van der Waals surface area contributed by atoms with Crippen LogP contribution in [0.3, 0.4) is 0 Å². The Morgan fingerprint density at radius 3 is 2.32 bits per heavy atom. The molecule has 5 nitrogen and oxygen atoms in total. The second-order valence-corrected chi connectivity index (χ2v) is 6.46. The van der Waals surface area contributed by atoms with Crippen molar-refractivity contribution < 1.29 is 23.5 Å². The van der Waals surface area contributed by atoms with Gasteiger partial charge in [-0.25, -0.2) is 9.18 Å². The summed E-state index contributed by atoms with van der Waals surface area (Å²) in [5.41, 5.74) is 0.711. The number of benzene rings is 2. The Labute approximate surface area is 151 Å². The second-order valence-electron chi connectivity index (χ2n) is 5.55. The van der Waals surface area contributed by atoms with E-state index in [1.807, 2.05) is 0 Å². The van der Waals surface area contributed by atoms with Gasteiger partial charge in [0.1, 0.15) is 18.5 Å². The predicted octanol–water partition coefficient (Wildman–Crippen LogP) is 3.32. The topological polar surface area (TPSA) is 63.7 Å². The molecular weight excluding hydrogens is 393 g/mol. The van der Waals surface area contributed by atoms with Gasteiger partial charge in [0.2, 0.25) is 0 Å². The van der Waals surface area contributed by atoms with Crippen LogP contribution in [0.5, 0.6) is 0 Å². The van der Waals surface area contributed by atoms with E-state index in [4.69, 9.17) is 4.74 Å². The molecule has 0 bridgehead atoms. The fourth-order valence-electron chi connectivity index (χ4n) is 2.57. The summed E-state index contributed by atoms with van der Waals surface area (Å²) < 4.78 is 19.4. The zero-order chi connectivity index (χ0) is 18.1. The zero-order valence-electron chi connectivity index (χ0n) is 13.2. The number of amides is 2. The molecular formula is C18H13BrFNO4. The number of rotatable bonds is 4. The molecule has 0 unspecified atom stereocenters. The Morgan fingerprint density at radius 1 is 1.16 bits per heavy atom. The maximum Gasteiger partial charge on any atom is 0.329 e. The van der Waals surface area contributed by atoms with E-state index < -0.39 is 29.6 Å². The number of fused-ring (bicyclic) bond motifs is 1. The molecule has 2 aromatic carbocycles. The molecule has 1 heterocycles. The van der Waals surface area contributed by atoms with Crippen molar-refractivity contribution in [3.8, 4) is 0 Å². The first-order valence-electron chi connectivity index (χ1n) is 7.47. The van der Waals surface area contributed by atoms with Gasteiger partial charge in [0.25, 0.3) is 11.8 Å². The van der Waals surface area contributed by atoms with Crippen molar-refractivity contribution in [2.75, 3.05) is 0 Å². The Kier molecular flexibility index (Phi) is 4.67. The highest BCUT2D eigenvalue weighted by atomic mass is 79.9. The van der Waals surface area contributed by atoms with E-state index in [2.05, 4.69) is 15.9 Å². The fourth-order valence-corrected chi connectivity index (χ4v) is 2.91. The Bertz CT molecular complexity index is 848. The van der Waals surface area contributed by atoms with E-state index >= 15 is 0 Å². The first-order chi connectivity index (χ1) is 11.9. The lowest BCUT2D eigenvalue weighted by atomic mass is 10.1. The molecule has 25 heavy (non-hydrogen) atoms. The molecule has 128 valence electrons. The summed E-state index contributed by atoms with van der Waals surface area (Å²) in [5.74, 6) is -2.38. The summed E-state index contributed by atoms with van der Waals surface area (Å²) in [4.78, 5) is 37.8. The molecule has 0 saturated carbocycles. The van der Waals surface area contributed by atoms with Crippen LogP contribution >= 0.6 is 15.9 Å². The summed E-state index contributed by atoms with van der Waals surface area (Å²) in [6, 6.07) is 9.62. The average Bonchev–Trinajstić information content (AvgIpc) is 2.85. The van der Waals surface area contributed by atoms with Gasteiger partial charge in [0, 0.05) is 10.0 Å². The molecule has 3 rings (SSSR count). The monoisotopic (exact) mass is 405 g/mol. The quantitative estimate of drug-likeness (QED) is 0.578. The fraction of sp³-hybridized carbons (Fsp3) is 0.167. The van der Waals surface area contributed by atoms with Crippen LogP contribution in [0, 0.1) is 5.82 Å². The number of carbonyl (C=O) groups is 3. The van der Waals surface area contributed by atoms with E-state index in [1.54, 1.807) is 18.2 Å². The number of carbonyl (C=O) groups excluding carboxylic acids is 3. The van der Waals surface area contributed by atoms with Crippen LogP contribution in [-0.2, 0) is 16.1 Å². The number of hydrogen-bond acceptors (Lipinski definition) is 4. The molecule has 0 radical (unpaired) electrons. The number of halogens is 2. The summed E-state index contributed by atoms with van der Waals surface area (Å²) >= 11 is 3.14. The molecule has 0 aromatic heterocycles. The van der Waals surface area contributed by atoms with Crippen LogP contribution in [0.2, 0.25) is 0 Å². The maximum atomic E-state index is 13.8. The second kappa shape index (κ2) is 6.76. The number of nitrogens with zero attached hydrogens (tertiary/aromatic N) is 1. The highest BCUT2D eigenvalue weighted by molar-refractivity contribution is 9.10. The molecule has 0 aliphatic carbocycles. The normalized spacial score (nSPS) is 14.4. The third-order valence-electron chi connectivity index (χ3n) is 3.94. The van der Waals surface area contributed by atoms with Gasteiger partial charge in [-0.05, 0) is 31.2 Å². The number of esters is 1. The molecule has 1 aliphatic rings. The standard InChI is InChI=1S/C18H13BrFNO4/c1-10(18(24)25-9-11-6-7-12(19)8-15(11)20)21-16(22)13-4-2-3-5-14(13)17(21)23/h2-8,10H,9H2,1H3/t10-/m1/s1. The van der Waals surface area contributed by atoms with E-state index in [9.17, 15) is 18.8 Å². The van der Waals surface area contributed by atoms with Crippen LogP contribution < -0.4 is 0 Å². The van der Waals surface area contributed by atoms with Gasteiger partial charge in [-0.15, -0.1) is 0 Å². The largest absolute Gasteiger partial charge is 0.459 e. The highest BCUT2D eigenvalue weighted by Gasteiger charge is 2.41. The summed E-state index contributed by atoms with van der Waals surface area (Å²) in [6.07, 6.45) is 0. The average molecular weight is 406 g/mol. The van der Waals surface area contributed by atoms with Crippen molar-refractivity contribution >= 4 is 33.7 Å². The molecule has 2 aromatic rings. The zero-order valence-corrected chi connectivity index (χ0v) is 14.7. The summed E-state index contributed by atoms with van der Waals surface area (Å²) in [7, 11) is 0. The number of imide groups is 1. The van der Waals surface area contributed by atoms with Gasteiger partial charge in [-0.1, -0.05) is 34.1 Å². The van der Waals surface area contributed by atoms with Crippen LogP contribution in [0.4, 0.5) is 4.39 Å². The Hall–Kier alpha value is -2.54. The SMILES string of the molecule is C[C@H](C(=O)OCc1ccc(Br)cc1F)N1C(=O)c2ccccc2C1=O. The minimum Gasteiger partial charge on any atom is -0.459 e. The lowest BCUT2D eigenvalue weighted by molar-refractivity contribution is -0.149. The van der Waals surface area contributed by atoms with Crippen molar-refractivity contribution in [2.24, 2.45) is 0 Å². The molecule has 0 saturated heterocycles. The molecule has 0 N–H and O–H groups in total. The number of hydrogen-bond donors (Lipinski definition) is 0. The number of ether oxygens (including phenoxy) is 1. The smallest absolute Gasteiger partial charge is 0.329 e. The van der Waals surface area contributed by atoms with Gasteiger partial charge in [-0.2, -0.15) is 0 Å². The van der Waals surface area contributed by atoms with Gasteiger partial charge in [-0.3, -0.25) is 14.5 Å². The van der Waals surface area contributed by atoms with E-state index in [-0.39, 0.29) is 23.3 Å². The van der Waals surface area contributed by atoms with Crippen molar-refractivity contribution in [1.82, 2.24) is 4.90 Å².